The van der Waals surface area contributed by atoms with Gasteiger partial charge in [0.15, 0.2) is 0 Å². The van der Waals surface area contributed by atoms with Gasteiger partial charge in [-0.15, -0.1) is 0 Å². The van der Waals surface area contributed by atoms with Gasteiger partial charge in [0, 0.05) is 16.0 Å². The van der Waals surface area contributed by atoms with Crippen LogP contribution in [0, 0.1) is 0 Å². The topological polar surface area (TPSA) is 65.2 Å². The fourth-order valence-electron chi connectivity index (χ4n) is 1.60. The molecule has 19 heavy (non-hydrogen) atoms. The van der Waals surface area contributed by atoms with Crippen LogP contribution in [-0.4, -0.2) is 23.2 Å². The molecule has 0 saturated carbocycles. The number of rotatable bonds is 4. The zero-order chi connectivity index (χ0) is 13.8. The summed E-state index contributed by atoms with van der Waals surface area (Å²) in [4.78, 5) is 15.5. The minimum atomic E-state index is -0.297. The fourth-order valence-corrected chi connectivity index (χ4v) is 2.00. The molecule has 1 aromatic heterocycles. The molecule has 0 aliphatic rings. The monoisotopic (exact) mass is 324 g/mol. The number of aromatic nitrogens is 2. The first-order valence-corrected chi connectivity index (χ1v) is 6.56. The number of benzene rings is 1. The molecule has 2 aromatic rings. The molecule has 1 aromatic carbocycles. The van der Waals surface area contributed by atoms with E-state index < -0.39 is 0 Å². The van der Waals surface area contributed by atoms with E-state index in [2.05, 4.69) is 30.8 Å². The number of carbonyl (C=O) groups excluding carboxylic acids is 1. The normalized spacial score (nSPS) is 12.2. The third-order valence-corrected chi connectivity index (χ3v) is 3.14. The molecule has 0 radical (unpaired) electrons. The second-order valence-corrected chi connectivity index (χ2v) is 5.06. The summed E-state index contributed by atoms with van der Waals surface area (Å²) in [6, 6.07) is 7.61. The lowest BCUT2D eigenvalue weighted by Gasteiger charge is -2.03. The molecule has 2 rings (SSSR count). The Morgan fingerprint density at radius 2 is 2.32 bits per heavy atom. The largest absolute Gasteiger partial charge is 0.469 e. The Morgan fingerprint density at radius 3 is 3.00 bits per heavy atom. The number of carbonyl (C=O) groups is 1. The average molecular weight is 325 g/mol. The highest BCUT2D eigenvalue weighted by molar-refractivity contribution is 9.10. The maximum atomic E-state index is 11.2. The number of methoxy groups -OCH3 is 1. The first-order valence-electron chi connectivity index (χ1n) is 5.76. The zero-order valence-corrected chi connectivity index (χ0v) is 12.2. The van der Waals surface area contributed by atoms with Crippen LogP contribution in [-0.2, 0) is 9.53 Å². The molecule has 1 heterocycles. The van der Waals surface area contributed by atoms with Gasteiger partial charge in [-0.2, -0.15) is 4.98 Å². The summed E-state index contributed by atoms with van der Waals surface area (Å²) < 4.78 is 10.7. The molecule has 0 aliphatic heterocycles. The average Bonchev–Trinajstić information content (AvgIpc) is 2.88. The summed E-state index contributed by atoms with van der Waals surface area (Å²) in [5.74, 6) is 0.476. The predicted molar refractivity (Wildman–Crippen MR) is 72.5 cm³/mol. The van der Waals surface area contributed by atoms with Crippen molar-refractivity contribution in [1.82, 2.24) is 10.1 Å². The van der Waals surface area contributed by atoms with E-state index in [0.29, 0.717) is 11.7 Å². The van der Waals surface area contributed by atoms with E-state index >= 15 is 0 Å². The zero-order valence-electron chi connectivity index (χ0n) is 10.6. The molecule has 0 fully saturated rings. The van der Waals surface area contributed by atoms with Gasteiger partial charge in [-0.05, 0) is 12.1 Å². The molecule has 0 aliphatic carbocycles. The number of halogens is 1. The molecule has 0 saturated heterocycles. The van der Waals surface area contributed by atoms with E-state index in [9.17, 15) is 4.79 Å². The highest BCUT2D eigenvalue weighted by atomic mass is 79.9. The highest BCUT2D eigenvalue weighted by Gasteiger charge is 2.18. The van der Waals surface area contributed by atoms with Crippen molar-refractivity contribution in [2.75, 3.05) is 7.11 Å². The Balaban J connectivity index is 2.17. The molecule has 0 amide bonds. The van der Waals surface area contributed by atoms with Crippen LogP contribution >= 0.6 is 15.9 Å². The second kappa shape index (κ2) is 5.97. The van der Waals surface area contributed by atoms with Gasteiger partial charge in [-0.3, -0.25) is 4.79 Å². The third-order valence-electron chi connectivity index (χ3n) is 2.65. The summed E-state index contributed by atoms with van der Waals surface area (Å²) in [7, 11) is 1.36. The van der Waals surface area contributed by atoms with Gasteiger partial charge in [0.25, 0.3) is 0 Å². The van der Waals surface area contributed by atoms with Crippen molar-refractivity contribution < 1.29 is 14.1 Å². The van der Waals surface area contributed by atoms with Crippen LogP contribution in [0.15, 0.2) is 33.3 Å². The van der Waals surface area contributed by atoms with Crippen LogP contribution in [0.5, 0.6) is 0 Å². The minimum absolute atomic E-state index is 0.166. The summed E-state index contributed by atoms with van der Waals surface area (Å²) >= 11 is 3.39. The van der Waals surface area contributed by atoms with Crippen molar-refractivity contribution in [3.05, 3.63) is 34.6 Å². The molecule has 100 valence electrons. The second-order valence-electron chi connectivity index (χ2n) is 4.15. The van der Waals surface area contributed by atoms with Crippen LogP contribution < -0.4 is 0 Å². The van der Waals surface area contributed by atoms with E-state index in [1.165, 1.54) is 7.11 Å². The van der Waals surface area contributed by atoms with Crippen molar-refractivity contribution in [1.29, 1.82) is 0 Å². The number of hydrogen-bond acceptors (Lipinski definition) is 5. The van der Waals surface area contributed by atoms with Gasteiger partial charge in [0.2, 0.25) is 11.7 Å². The lowest BCUT2D eigenvalue weighted by Crippen LogP contribution is -2.06. The van der Waals surface area contributed by atoms with Crippen molar-refractivity contribution >= 4 is 21.9 Å². The summed E-state index contributed by atoms with van der Waals surface area (Å²) in [5, 5.41) is 3.92. The highest BCUT2D eigenvalue weighted by Crippen LogP contribution is 2.23. The van der Waals surface area contributed by atoms with Gasteiger partial charge in [-0.1, -0.05) is 40.1 Å². The van der Waals surface area contributed by atoms with E-state index in [0.717, 1.165) is 10.0 Å². The van der Waals surface area contributed by atoms with Crippen LogP contribution in [0.25, 0.3) is 11.4 Å². The summed E-state index contributed by atoms with van der Waals surface area (Å²) in [5.41, 5.74) is 0.856. The van der Waals surface area contributed by atoms with E-state index in [1.54, 1.807) is 0 Å². The summed E-state index contributed by atoms with van der Waals surface area (Å²) in [6.07, 6.45) is 0.219. The lowest BCUT2D eigenvalue weighted by molar-refractivity contribution is -0.141. The SMILES string of the molecule is COC(=O)C[C@@H](C)c1nc(-c2cccc(Br)c2)no1. The standard InChI is InChI=1S/C13H13BrN2O3/c1-8(6-11(17)18-2)13-15-12(16-19-13)9-4-3-5-10(14)7-9/h3-5,7-8H,6H2,1-2H3/t8-/m1/s1. The Hall–Kier alpha value is -1.69. The summed E-state index contributed by atoms with van der Waals surface area (Å²) in [6.45, 7) is 1.84. The first-order chi connectivity index (χ1) is 9.10. The van der Waals surface area contributed by atoms with Gasteiger partial charge in [0.05, 0.1) is 13.5 Å². The van der Waals surface area contributed by atoms with Gasteiger partial charge < -0.3 is 9.26 Å². The van der Waals surface area contributed by atoms with Crippen LogP contribution in [0.1, 0.15) is 25.2 Å². The Labute approximate surface area is 119 Å². The predicted octanol–water partition coefficient (Wildman–Crippen LogP) is 3.17. The molecular weight excluding hydrogens is 312 g/mol. The van der Waals surface area contributed by atoms with E-state index in [1.807, 2.05) is 31.2 Å². The molecule has 6 heteroatoms. The lowest BCUT2D eigenvalue weighted by atomic mass is 10.1. The molecule has 0 N–H and O–H groups in total. The first kappa shape index (κ1) is 13.7. The molecule has 0 bridgehead atoms. The maximum absolute atomic E-state index is 11.2. The molecule has 0 spiro atoms. The van der Waals surface area contributed by atoms with Crippen LogP contribution in [0.2, 0.25) is 0 Å². The number of ether oxygens (including phenoxy) is 1. The smallest absolute Gasteiger partial charge is 0.306 e. The number of hydrogen-bond donors (Lipinski definition) is 0. The number of esters is 1. The van der Waals surface area contributed by atoms with Crippen LogP contribution in [0.3, 0.4) is 0 Å². The fraction of sp³-hybridized carbons (Fsp3) is 0.308. The molecule has 1 atom stereocenters. The van der Waals surface area contributed by atoms with Crippen LogP contribution in [0.4, 0.5) is 0 Å². The maximum Gasteiger partial charge on any atom is 0.306 e. The van der Waals surface area contributed by atoms with Gasteiger partial charge in [0.1, 0.15) is 0 Å². The van der Waals surface area contributed by atoms with Crippen molar-refractivity contribution in [2.45, 2.75) is 19.3 Å². The van der Waals surface area contributed by atoms with Crippen molar-refractivity contribution in [3.8, 4) is 11.4 Å². The third kappa shape index (κ3) is 3.41. The van der Waals surface area contributed by atoms with Crippen molar-refractivity contribution in [2.24, 2.45) is 0 Å². The molecule has 5 nitrogen and oxygen atoms in total. The van der Waals surface area contributed by atoms with E-state index in [-0.39, 0.29) is 18.3 Å². The number of nitrogens with zero attached hydrogens (tertiary/aromatic N) is 2. The van der Waals surface area contributed by atoms with E-state index in [4.69, 9.17) is 4.52 Å². The quantitative estimate of drug-likeness (QED) is 0.808. The van der Waals surface area contributed by atoms with Gasteiger partial charge >= 0.3 is 5.97 Å². The van der Waals surface area contributed by atoms with Crippen molar-refractivity contribution in [3.63, 3.8) is 0 Å². The Morgan fingerprint density at radius 1 is 1.53 bits per heavy atom. The molecule has 0 unspecified atom stereocenters. The van der Waals surface area contributed by atoms with Gasteiger partial charge in [-0.25, -0.2) is 0 Å². The Kier molecular flexibility index (Phi) is 4.31. The molecular formula is C13H13BrN2O3. The Bertz CT molecular complexity index is 583. The minimum Gasteiger partial charge on any atom is -0.469 e.